The molecule has 0 aromatic heterocycles. The summed E-state index contributed by atoms with van der Waals surface area (Å²) in [7, 11) is 0. The lowest BCUT2D eigenvalue weighted by Crippen LogP contribution is -2.66. The number of nitrogens with one attached hydrogen (secondary N) is 10. The molecule has 18 unspecified atom stereocenters. The van der Waals surface area contributed by atoms with Gasteiger partial charge in [0.05, 0.1) is 24.7 Å². The van der Waals surface area contributed by atoms with E-state index in [1.165, 1.54) is 25.7 Å². The van der Waals surface area contributed by atoms with E-state index in [1.807, 2.05) is 0 Å². The van der Waals surface area contributed by atoms with Gasteiger partial charge in [-0.15, -0.1) is 0 Å². The number of carbonyl (C=O) groups excluding carboxylic acids is 19. The van der Waals surface area contributed by atoms with Crippen LogP contribution < -0.4 is 53.2 Å². The minimum atomic E-state index is -1.32. The molecule has 0 aromatic carbocycles. The Morgan fingerprint density at radius 3 is 0.955 bits per heavy atom. The summed E-state index contributed by atoms with van der Waals surface area (Å²) >= 11 is 0. The van der Waals surface area contributed by atoms with E-state index >= 15 is 0 Å². The second-order valence-corrected chi connectivity index (χ2v) is 32.0. The summed E-state index contributed by atoms with van der Waals surface area (Å²) in [4.78, 5) is 253. The number of hydrogen-bond acceptors (Lipinski definition) is 37. The van der Waals surface area contributed by atoms with Crippen molar-refractivity contribution in [1.82, 2.24) is 58.1 Å². The number of esters is 9. The van der Waals surface area contributed by atoms with Crippen molar-refractivity contribution in [3.63, 3.8) is 0 Å². The number of amides is 9. The summed E-state index contributed by atoms with van der Waals surface area (Å²) in [6.45, 7) is 12.9. The van der Waals surface area contributed by atoms with Crippen LogP contribution in [0, 0.1) is 0 Å². The summed E-state index contributed by atoms with van der Waals surface area (Å²) in [6, 6.07) is -6.55. The number of ether oxygens (including phenoxy) is 15. The molecule has 746 valence electrons. The maximum absolute atomic E-state index is 14.7. The van der Waals surface area contributed by atoms with Gasteiger partial charge in [-0.25, -0.2) is 0 Å². The SMILES string of the molecule is CC(=O)NC1C(OCCCCCC(=O)NCCCNC(=O)CN(C(CCCCNC(=O)CCCC(=O)O)C(=O)NCCCNC(=O)CCCCCOC2OC(COC(C)=O)C(OC(C)=O)C(OC(C)=O)C2NC(C)=O)C2C(=O)C2NCCCNC(=O)CCCCCOC2OC(COC(C)=O)C(OC(C)=O)C(OC(C)=O)C2NC(C)=O)OC(COC(C)=O)C(OC(C)=O)C1OC(C)=O. The van der Waals surface area contributed by atoms with Gasteiger partial charge in [0.1, 0.15) is 56.3 Å². The molecule has 47 heteroatoms. The highest BCUT2D eigenvalue weighted by Crippen LogP contribution is 2.33. The molecule has 1 saturated carbocycles. The number of aliphatic carboxylic acids is 1. The van der Waals surface area contributed by atoms with Crippen molar-refractivity contribution in [3.05, 3.63) is 0 Å². The lowest BCUT2D eigenvalue weighted by atomic mass is 9.96. The molecule has 47 nitrogen and oxygen atoms in total. The van der Waals surface area contributed by atoms with Crippen LogP contribution in [-0.4, -0.2) is 331 Å². The fourth-order valence-corrected chi connectivity index (χ4v) is 14.7. The van der Waals surface area contributed by atoms with E-state index in [9.17, 15) is 95.9 Å². The molecule has 0 radical (unpaired) electrons. The first-order valence-electron chi connectivity index (χ1n) is 44.6. The fraction of sp³-hybridized carbons (Fsp3) is 0.765. The van der Waals surface area contributed by atoms with Gasteiger partial charge in [-0.1, -0.05) is 19.3 Å². The second kappa shape index (κ2) is 61.9. The highest BCUT2D eigenvalue weighted by Gasteiger charge is 2.57. The number of carboxylic acid groups (broad SMARTS) is 1. The lowest BCUT2D eigenvalue weighted by Gasteiger charge is -2.44. The van der Waals surface area contributed by atoms with Gasteiger partial charge in [0.15, 0.2) is 61.3 Å². The van der Waals surface area contributed by atoms with Gasteiger partial charge in [-0.3, -0.25) is 101 Å². The second-order valence-electron chi connectivity index (χ2n) is 32.0. The number of unbranched alkanes of at least 4 members (excludes halogenated alkanes) is 7. The van der Waals surface area contributed by atoms with Gasteiger partial charge >= 0.3 is 59.7 Å². The molecule has 132 heavy (non-hydrogen) atoms. The molecule has 3 aliphatic heterocycles. The predicted molar refractivity (Wildman–Crippen MR) is 454 cm³/mol. The predicted octanol–water partition coefficient (Wildman–Crippen LogP) is -1.44. The summed E-state index contributed by atoms with van der Waals surface area (Å²) in [5.74, 6) is -12.2. The average Bonchev–Trinajstić information content (AvgIpc) is 1.59. The first kappa shape index (κ1) is 114. The Kier molecular flexibility index (Phi) is 53.3. The molecule has 3 saturated heterocycles. The number of nitrogens with zero attached hydrogens (tertiary/aromatic N) is 1. The normalized spacial score (nSPS) is 23.2. The van der Waals surface area contributed by atoms with Crippen molar-refractivity contribution in [2.75, 3.05) is 92.0 Å². The molecule has 0 bridgehead atoms. The number of carbonyl (C=O) groups is 20. The van der Waals surface area contributed by atoms with Crippen LogP contribution in [0.3, 0.4) is 0 Å². The Labute approximate surface area is 765 Å². The van der Waals surface area contributed by atoms with Gasteiger partial charge in [0.25, 0.3) is 0 Å². The van der Waals surface area contributed by atoms with Gasteiger partial charge in [0, 0.05) is 174 Å². The molecule has 11 N–H and O–H groups in total. The van der Waals surface area contributed by atoms with E-state index in [-0.39, 0.29) is 159 Å². The summed E-state index contributed by atoms with van der Waals surface area (Å²) in [5, 5.41) is 37.2. The largest absolute Gasteiger partial charge is 0.481 e. The molecule has 3 heterocycles. The van der Waals surface area contributed by atoms with E-state index in [1.54, 1.807) is 0 Å². The first-order chi connectivity index (χ1) is 62.6. The third-order valence-electron chi connectivity index (χ3n) is 20.4. The van der Waals surface area contributed by atoms with Crippen LogP contribution in [0.4, 0.5) is 0 Å². The molecule has 4 fully saturated rings. The maximum Gasteiger partial charge on any atom is 0.303 e. The zero-order valence-electron chi connectivity index (χ0n) is 77.3. The third-order valence-corrected chi connectivity index (χ3v) is 20.4. The van der Waals surface area contributed by atoms with Crippen molar-refractivity contribution in [1.29, 1.82) is 0 Å². The molecule has 18 atom stereocenters. The third kappa shape index (κ3) is 45.6. The van der Waals surface area contributed by atoms with Crippen molar-refractivity contribution in [3.8, 4) is 0 Å². The van der Waals surface area contributed by atoms with Crippen LogP contribution in [0.25, 0.3) is 0 Å². The molecule has 1 aliphatic carbocycles. The smallest absolute Gasteiger partial charge is 0.303 e. The number of hydrogen-bond donors (Lipinski definition) is 11. The molecule has 0 spiro atoms. The zero-order valence-corrected chi connectivity index (χ0v) is 77.3. The van der Waals surface area contributed by atoms with Crippen molar-refractivity contribution < 1.29 is 172 Å². The number of rotatable bonds is 63. The van der Waals surface area contributed by atoms with E-state index < -0.39 is 226 Å². The first-order valence-corrected chi connectivity index (χ1v) is 44.6. The molecule has 0 aromatic rings. The minimum absolute atomic E-state index is 0.0171. The van der Waals surface area contributed by atoms with Gasteiger partial charge in [-0.2, -0.15) is 0 Å². The van der Waals surface area contributed by atoms with Crippen LogP contribution >= 0.6 is 0 Å². The van der Waals surface area contributed by atoms with E-state index in [0.29, 0.717) is 70.6 Å². The van der Waals surface area contributed by atoms with Crippen LogP contribution in [0.5, 0.6) is 0 Å². The summed E-state index contributed by atoms with van der Waals surface area (Å²) in [6.07, 6.45) is -9.87. The highest BCUT2D eigenvalue weighted by molar-refractivity contribution is 6.08. The highest BCUT2D eigenvalue weighted by atomic mass is 16.7. The quantitative estimate of drug-likeness (QED) is 0.0189. The molecular weight excluding hydrogens is 1750 g/mol. The standard InChI is InChI=1S/C85H135N11O36/c1-48(97)93-71-79(127-57(10)106)76(124-54(7)103)61(45-121-51(4)100)130-83(71)118-41-21-13-16-29-64(109)87-35-25-38-90-68(113)44-96(74-70(75(74)116)91-39-26-36-88-65(110)30-17-14-22-42-119-84-72(94-49(2)98)80(128-58(11)107)77(125-55(8)104)62(131-84)46-122-52(5)101)60(28-19-20-34-86-67(112)32-24-33-69(114)115)82(117)92-40-27-37-89-66(111)31-18-15-23-43-120-85-73(95-50(3)99)81(129-59(12)108)78(126-56(9)105)63(132-85)47-123-53(6)102/h60-63,70-74,76-81,83-85,91H,13-47H2,1-12H3,(H,86,112)(H,87,109)(H,88,110)(H,89,111)(H,90,113)(H,92,117)(H,93,97)(H,94,98)(H,95,99)(H,114,115). The maximum atomic E-state index is 14.7. The number of ketones is 1. The Morgan fingerprint density at radius 1 is 0.333 bits per heavy atom. The number of carboxylic acids is 1. The van der Waals surface area contributed by atoms with Gasteiger partial charge in [-0.05, 0) is 90.0 Å². The van der Waals surface area contributed by atoms with Crippen molar-refractivity contribution in [2.45, 2.75) is 328 Å². The Hall–Kier alpha value is -10.7. The minimum Gasteiger partial charge on any atom is -0.481 e. The topological polar surface area (TPSA) is 624 Å². The molecule has 4 rings (SSSR count). The number of Topliss-reactive ketones (excluding diaryl/α,β-unsaturated/α-hetero) is 1. The summed E-state index contributed by atoms with van der Waals surface area (Å²) in [5.41, 5.74) is 0. The molecule has 9 amide bonds. The van der Waals surface area contributed by atoms with E-state index in [4.69, 9.17) is 76.2 Å². The Balaban J connectivity index is 1.41. The monoisotopic (exact) mass is 1890 g/mol. The fourth-order valence-electron chi connectivity index (χ4n) is 14.7. The van der Waals surface area contributed by atoms with Gasteiger partial charge in [0.2, 0.25) is 53.2 Å². The zero-order chi connectivity index (χ0) is 97.9. The van der Waals surface area contributed by atoms with Crippen LogP contribution in [0.1, 0.15) is 218 Å². The Bertz CT molecular complexity index is 3820. The molecular formula is C85H135N11O36. The Morgan fingerprint density at radius 2 is 0.636 bits per heavy atom. The lowest BCUT2D eigenvalue weighted by molar-refractivity contribution is -0.277. The van der Waals surface area contributed by atoms with E-state index in [2.05, 4.69) is 53.2 Å². The van der Waals surface area contributed by atoms with E-state index in [0.717, 1.165) is 62.3 Å². The van der Waals surface area contributed by atoms with Crippen LogP contribution in [-0.2, 0) is 167 Å². The van der Waals surface area contributed by atoms with Crippen molar-refractivity contribution >= 4 is 119 Å². The average molecular weight is 1890 g/mol. The van der Waals surface area contributed by atoms with Crippen LogP contribution in [0.2, 0.25) is 0 Å². The van der Waals surface area contributed by atoms with Crippen molar-refractivity contribution in [2.24, 2.45) is 0 Å². The summed E-state index contributed by atoms with van der Waals surface area (Å²) < 4.78 is 84.5. The molecule has 4 aliphatic rings. The van der Waals surface area contributed by atoms with Gasteiger partial charge < -0.3 is 129 Å². The van der Waals surface area contributed by atoms with Crippen LogP contribution in [0.15, 0.2) is 0 Å².